The number of carbonyl (C=O) groups is 1. The predicted molar refractivity (Wildman–Crippen MR) is 98.1 cm³/mol. The van der Waals surface area contributed by atoms with Gasteiger partial charge in [-0.3, -0.25) is 14.4 Å². The van der Waals surface area contributed by atoms with Crippen LogP contribution >= 0.6 is 23.1 Å². The number of hydrogen-bond donors (Lipinski definition) is 1. The maximum atomic E-state index is 13.4. The number of benzene rings is 1. The Bertz CT molecular complexity index is 855. The van der Waals surface area contributed by atoms with Crippen LogP contribution in [-0.2, 0) is 14.8 Å². The summed E-state index contributed by atoms with van der Waals surface area (Å²) < 4.78 is 38.8. The summed E-state index contributed by atoms with van der Waals surface area (Å²) >= 11 is 2.71. The molecule has 0 radical (unpaired) electrons. The fourth-order valence-corrected chi connectivity index (χ4v) is 4.67. The fraction of sp³-hybridized carbons (Fsp3) is 0.357. The monoisotopic (exact) mass is 404 g/mol. The Morgan fingerprint density at radius 1 is 1.40 bits per heavy atom. The van der Waals surface area contributed by atoms with Crippen LogP contribution in [0.25, 0.3) is 0 Å². The number of thioether (sulfide) groups is 1. The Morgan fingerprint density at radius 3 is 2.72 bits per heavy atom. The van der Waals surface area contributed by atoms with E-state index in [1.54, 1.807) is 0 Å². The molecule has 0 unspecified atom stereocenters. The molecule has 136 valence electrons. The minimum atomic E-state index is -3.76. The molecular weight excluding hydrogens is 387 g/mol. The van der Waals surface area contributed by atoms with E-state index in [1.807, 2.05) is 13.8 Å². The van der Waals surface area contributed by atoms with E-state index in [1.165, 1.54) is 41.3 Å². The number of rotatable bonds is 7. The first-order chi connectivity index (χ1) is 11.6. The lowest BCUT2D eigenvalue weighted by molar-refractivity contribution is -0.114. The molecule has 0 saturated heterocycles. The molecule has 7 nitrogen and oxygen atoms in total. The summed E-state index contributed by atoms with van der Waals surface area (Å²) in [5.41, 5.74) is 0.0750. The largest absolute Gasteiger partial charge is 0.299 e. The summed E-state index contributed by atoms with van der Waals surface area (Å²) in [6.07, 6.45) is 0.952. The molecule has 1 amide bonds. The molecule has 0 aliphatic carbocycles. The number of nitrogens with one attached hydrogen (secondary N) is 1. The molecule has 0 saturated carbocycles. The Hall–Kier alpha value is -1.72. The van der Waals surface area contributed by atoms with Gasteiger partial charge in [0, 0.05) is 5.25 Å². The van der Waals surface area contributed by atoms with Crippen LogP contribution < -0.4 is 9.62 Å². The highest BCUT2D eigenvalue weighted by Gasteiger charge is 2.22. The van der Waals surface area contributed by atoms with Gasteiger partial charge in [-0.15, -0.1) is 10.2 Å². The smallest absolute Gasteiger partial charge is 0.246 e. The first kappa shape index (κ1) is 19.6. The van der Waals surface area contributed by atoms with Crippen molar-refractivity contribution in [1.82, 2.24) is 10.2 Å². The Morgan fingerprint density at radius 2 is 2.12 bits per heavy atom. The van der Waals surface area contributed by atoms with E-state index < -0.39 is 28.3 Å². The van der Waals surface area contributed by atoms with E-state index in [0.717, 1.165) is 16.6 Å². The van der Waals surface area contributed by atoms with Crippen molar-refractivity contribution in [2.24, 2.45) is 0 Å². The summed E-state index contributed by atoms with van der Waals surface area (Å²) in [5, 5.41) is 10.9. The van der Waals surface area contributed by atoms with Gasteiger partial charge in [0.15, 0.2) is 4.34 Å². The van der Waals surface area contributed by atoms with Crippen LogP contribution in [0.1, 0.15) is 13.8 Å². The number of sulfonamides is 1. The standard InChI is InChI=1S/C14H17FN4O3S3/c1-9(2)23-14-18-17-13(24-14)16-12(20)8-19(25(3,21)22)11-6-4-5-10(15)7-11/h4-7,9H,8H2,1-3H3,(H,16,17,20). The number of carbonyl (C=O) groups excluding carboxylic acids is 1. The molecule has 0 aliphatic heterocycles. The van der Waals surface area contributed by atoms with Crippen LogP contribution in [0.2, 0.25) is 0 Å². The molecule has 1 N–H and O–H groups in total. The molecule has 0 spiro atoms. The van der Waals surface area contributed by atoms with E-state index in [9.17, 15) is 17.6 Å². The molecule has 1 aromatic heterocycles. The summed E-state index contributed by atoms with van der Waals surface area (Å²) in [6, 6.07) is 5.04. The van der Waals surface area contributed by atoms with Gasteiger partial charge in [-0.2, -0.15) is 0 Å². The second-order valence-corrected chi connectivity index (χ2v) is 10.0. The average Bonchev–Trinajstić information content (AvgIpc) is 2.89. The lowest BCUT2D eigenvalue weighted by atomic mass is 10.3. The van der Waals surface area contributed by atoms with Crippen molar-refractivity contribution in [2.45, 2.75) is 23.4 Å². The Labute approximate surface area is 153 Å². The van der Waals surface area contributed by atoms with Crippen LogP contribution in [0.15, 0.2) is 28.6 Å². The maximum absolute atomic E-state index is 13.4. The van der Waals surface area contributed by atoms with E-state index in [4.69, 9.17) is 0 Å². The molecule has 1 heterocycles. The zero-order valence-corrected chi connectivity index (χ0v) is 16.2. The van der Waals surface area contributed by atoms with Gasteiger partial charge in [0.1, 0.15) is 12.4 Å². The van der Waals surface area contributed by atoms with Crippen LogP contribution in [0.4, 0.5) is 15.2 Å². The number of halogens is 1. The van der Waals surface area contributed by atoms with Crippen molar-refractivity contribution in [3.8, 4) is 0 Å². The predicted octanol–water partition coefficient (Wildman–Crippen LogP) is 2.58. The second kappa shape index (κ2) is 8.11. The molecule has 11 heteroatoms. The third kappa shape index (κ3) is 5.94. The topological polar surface area (TPSA) is 92.3 Å². The molecule has 0 bridgehead atoms. The minimum Gasteiger partial charge on any atom is -0.299 e. The number of nitrogens with zero attached hydrogens (tertiary/aromatic N) is 3. The molecule has 0 atom stereocenters. The zero-order valence-electron chi connectivity index (χ0n) is 13.8. The molecule has 2 aromatic rings. The van der Waals surface area contributed by atoms with Gasteiger partial charge in [0.25, 0.3) is 0 Å². The van der Waals surface area contributed by atoms with E-state index in [0.29, 0.717) is 9.59 Å². The van der Waals surface area contributed by atoms with Crippen LogP contribution in [0.3, 0.4) is 0 Å². The highest BCUT2D eigenvalue weighted by molar-refractivity contribution is 8.01. The van der Waals surface area contributed by atoms with Crippen LogP contribution in [-0.4, -0.2) is 42.6 Å². The molecule has 25 heavy (non-hydrogen) atoms. The van der Waals surface area contributed by atoms with Crippen molar-refractivity contribution in [2.75, 3.05) is 22.4 Å². The quantitative estimate of drug-likeness (QED) is 0.563. The van der Waals surface area contributed by atoms with Gasteiger partial charge in [0.2, 0.25) is 21.1 Å². The van der Waals surface area contributed by atoms with Gasteiger partial charge in [-0.1, -0.05) is 43.0 Å². The lowest BCUT2D eigenvalue weighted by Crippen LogP contribution is -2.37. The molecule has 1 aromatic carbocycles. The van der Waals surface area contributed by atoms with Gasteiger partial charge in [-0.25, -0.2) is 12.8 Å². The van der Waals surface area contributed by atoms with E-state index >= 15 is 0 Å². The van der Waals surface area contributed by atoms with Crippen molar-refractivity contribution in [1.29, 1.82) is 0 Å². The minimum absolute atomic E-state index is 0.0750. The summed E-state index contributed by atoms with van der Waals surface area (Å²) in [5.74, 6) is -1.18. The third-order valence-electron chi connectivity index (χ3n) is 2.77. The zero-order chi connectivity index (χ0) is 18.6. The maximum Gasteiger partial charge on any atom is 0.246 e. The van der Waals surface area contributed by atoms with Crippen molar-refractivity contribution in [3.63, 3.8) is 0 Å². The first-order valence-electron chi connectivity index (χ1n) is 7.18. The second-order valence-electron chi connectivity index (χ2n) is 5.34. The van der Waals surface area contributed by atoms with Gasteiger partial charge in [-0.05, 0) is 18.2 Å². The highest BCUT2D eigenvalue weighted by atomic mass is 32.2. The Kier molecular flexibility index (Phi) is 6.36. The molecular formula is C14H17FN4O3S3. The summed E-state index contributed by atoms with van der Waals surface area (Å²) in [4.78, 5) is 12.2. The normalized spacial score (nSPS) is 11.6. The number of hydrogen-bond acceptors (Lipinski definition) is 7. The SMILES string of the molecule is CC(C)Sc1nnc(NC(=O)CN(c2cccc(F)c2)S(C)(=O)=O)s1. The van der Waals surface area contributed by atoms with Gasteiger partial charge < -0.3 is 0 Å². The number of anilines is 2. The van der Waals surface area contributed by atoms with E-state index in [-0.39, 0.29) is 10.8 Å². The molecule has 2 rings (SSSR count). The van der Waals surface area contributed by atoms with E-state index in [2.05, 4.69) is 15.5 Å². The van der Waals surface area contributed by atoms with Gasteiger partial charge in [0.05, 0.1) is 11.9 Å². The Balaban J connectivity index is 2.11. The number of aromatic nitrogens is 2. The first-order valence-corrected chi connectivity index (χ1v) is 10.7. The number of amides is 1. The van der Waals surface area contributed by atoms with Crippen molar-refractivity contribution < 1.29 is 17.6 Å². The van der Waals surface area contributed by atoms with Crippen LogP contribution in [0, 0.1) is 5.82 Å². The fourth-order valence-electron chi connectivity index (χ4n) is 1.83. The lowest BCUT2D eigenvalue weighted by Gasteiger charge is -2.21. The summed E-state index contributed by atoms with van der Waals surface area (Å²) in [6.45, 7) is 3.52. The van der Waals surface area contributed by atoms with Gasteiger partial charge >= 0.3 is 0 Å². The van der Waals surface area contributed by atoms with Crippen molar-refractivity contribution in [3.05, 3.63) is 30.1 Å². The third-order valence-corrected chi connectivity index (χ3v) is 5.84. The van der Waals surface area contributed by atoms with Crippen molar-refractivity contribution >= 4 is 49.8 Å². The highest BCUT2D eigenvalue weighted by Crippen LogP contribution is 2.28. The van der Waals surface area contributed by atoms with Crippen LogP contribution in [0.5, 0.6) is 0 Å². The molecule has 0 aliphatic rings. The summed E-state index contributed by atoms with van der Waals surface area (Å²) in [7, 11) is -3.76. The molecule has 0 fully saturated rings. The average molecular weight is 405 g/mol.